The number of esters is 1. The molecule has 10 heteroatoms. The summed E-state index contributed by atoms with van der Waals surface area (Å²) in [4.78, 5) is 47.0. The lowest BCUT2D eigenvalue weighted by Gasteiger charge is -2.10. The molecule has 0 spiro atoms. The summed E-state index contributed by atoms with van der Waals surface area (Å²) < 4.78 is 10.6. The molecule has 0 aliphatic heterocycles. The molecule has 3 aromatic rings. The van der Waals surface area contributed by atoms with Crippen LogP contribution in [0.25, 0.3) is 0 Å². The maximum absolute atomic E-state index is 13.0. The maximum atomic E-state index is 13.0. The topological polar surface area (TPSA) is 139 Å². The van der Waals surface area contributed by atoms with E-state index in [4.69, 9.17) is 26.8 Å². The molecule has 0 unspecified atom stereocenters. The molecule has 33 heavy (non-hydrogen) atoms. The van der Waals surface area contributed by atoms with E-state index in [1.165, 1.54) is 24.3 Å². The van der Waals surface area contributed by atoms with Crippen LogP contribution in [0, 0.1) is 10.1 Å². The van der Waals surface area contributed by atoms with Crippen LogP contribution in [-0.2, 0) is 16.1 Å². The Labute approximate surface area is 192 Å². The molecule has 0 fully saturated rings. The van der Waals surface area contributed by atoms with Crippen molar-refractivity contribution in [2.45, 2.75) is 6.61 Å². The minimum atomic E-state index is -0.758. The highest BCUT2D eigenvalue weighted by molar-refractivity contribution is 6.33. The number of halogens is 1. The van der Waals surface area contributed by atoms with Gasteiger partial charge in [-0.15, -0.1) is 0 Å². The third kappa shape index (κ3) is 5.92. The lowest BCUT2D eigenvalue weighted by molar-refractivity contribution is -0.384. The van der Waals surface area contributed by atoms with Gasteiger partial charge in [0.1, 0.15) is 17.4 Å². The molecule has 0 radical (unpaired) electrons. The number of carbonyl (C=O) groups excluding carboxylic acids is 3. The molecule has 1 amide bonds. The van der Waals surface area contributed by atoms with Gasteiger partial charge in [-0.05, 0) is 35.9 Å². The van der Waals surface area contributed by atoms with Crippen molar-refractivity contribution in [3.63, 3.8) is 0 Å². The second kappa shape index (κ2) is 10.4. The highest BCUT2D eigenvalue weighted by Crippen LogP contribution is 2.27. The van der Waals surface area contributed by atoms with E-state index in [0.717, 1.165) is 6.07 Å². The zero-order chi connectivity index (χ0) is 24.0. The van der Waals surface area contributed by atoms with E-state index in [-0.39, 0.29) is 34.9 Å². The predicted molar refractivity (Wildman–Crippen MR) is 118 cm³/mol. The quantitative estimate of drug-likeness (QED) is 0.218. The van der Waals surface area contributed by atoms with E-state index < -0.39 is 28.3 Å². The van der Waals surface area contributed by atoms with Crippen LogP contribution in [0.2, 0.25) is 5.02 Å². The first-order valence-corrected chi connectivity index (χ1v) is 9.89. The summed E-state index contributed by atoms with van der Waals surface area (Å²) >= 11 is 5.81. The second-order valence-corrected chi connectivity index (χ2v) is 7.18. The number of primary amides is 1. The van der Waals surface area contributed by atoms with E-state index in [1.54, 1.807) is 36.4 Å². The Morgan fingerprint density at radius 1 is 0.970 bits per heavy atom. The molecule has 168 valence electrons. The fourth-order valence-corrected chi connectivity index (χ4v) is 3.10. The molecule has 3 aromatic carbocycles. The van der Waals surface area contributed by atoms with Crippen molar-refractivity contribution in [2.24, 2.45) is 5.73 Å². The Morgan fingerprint density at radius 3 is 2.39 bits per heavy atom. The summed E-state index contributed by atoms with van der Waals surface area (Å²) in [6.45, 7) is -0.414. The van der Waals surface area contributed by atoms with Crippen molar-refractivity contribution in [3.8, 4) is 5.75 Å². The van der Waals surface area contributed by atoms with Crippen molar-refractivity contribution in [1.29, 1.82) is 0 Å². The first-order chi connectivity index (χ1) is 15.8. The van der Waals surface area contributed by atoms with Gasteiger partial charge >= 0.3 is 5.97 Å². The molecule has 0 atom stereocenters. The van der Waals surface area contributed by atoms with Crippen LogP contribution in [0.3, 0.4) is 0 Å². The minimum Gasteiger partial charge on any atom is -0.484 e. The van der Waals surface area contributed by atoms with Crippen molar-refractivity contribution < 1.29 is 28.8 Å². The van der Waals surface area contributed by atoms with Crippen LogP contribution in [-0.4, -0.2) is 29.2 Å². The molecular formula is C23H17ClN2O7. The van der Waals surface area contributed by atoms with E-state index in [9.17, 15) is 24.5 Å². The summed E-state index contributed by atoms with van der Waals surface area (Å²) in [6.07, 6.45) is 0. The van der Waals surface area contributed by atoms with Crippen LogP contribution < -0.4 is 10.5 Å². The smallest absolute Gasteiger partial charge is 0.339 e. The highest BCUT2D eigenvalue weighted by Gasteiger charge is 2.22. The molecule has 2 N–H and O–H groups in total. The largest absolute Gasteiger partial charge is 0.484 e. The summed E-state index contributed by atoms with van der Waals surface area (Å²) in [7, 11) is 0. The monoisotopic (exact) mass is 468 g/mol. The van der Waals surface area contributed by atoms with Gasteiger partial charge in [0, 0.05) is 17.2 Å². The van der Waals surface area contributed by atoms with E-state index in [0.29, 0.717) is 11.3 Å². The Hall–Kier alpha value is -4.24. The van der Waals surface area contributed by atoms with Gasteiger partial charge in [0.25, 0.3) is 11.6 Å². The van der Waals surface area contributed by atoms with Crippen molar-refractivity contribution in [3.05, 3.63) is 104 Å². The summed E-state index contributed by atoms with van der Waals surface area (Å²) in [5.41, 5.74) is 5.25. The number of ether oxygens (including phenoxy) is 2. The van der Waals surface area contributed by atoms with Crippen molar-refractivity contribution in [1.82, 2.24) is 0 Å². The number of hydrogen-bond acceptors (Lipinski definition) is 7. The van der Waals surface area contributed by atoms with Crippen LogP contribution in [0.5, 0.6) is 5.75 Å². The zero-order valence-electron chi connectivity index (χ0n) is 17.0. The molecule has 9 nitrogen and oxygen atoms in total. The molecule has 0 aromatic heterocycles. The second-order valence-electron chi connectivity index (χ2n) is 6.78. The van der Waals surface area contributed by atoms with Crippen LogP contribution in [0.1, 0.15) is 31.8 Å². The third-order valence-electron chi connectivity index (χ3n) is 4.45. The van der Waals surface area contributed by atoms with E-state index in [1.807, 2.05) is 0 Å². The van der Waals surface area contributed by atoms with Gasteiger partial charge < -0.3 is 15.2 Å². The minimum absolute atomic E-state index is 0.00114. The summed E-state index contributed by atoms with van der Waals surface area (Å²) in [5.74, 6) is -1.60. The molecule has 0 heterocycles. The number of benzene rings is 3. The van der Waals surface area contributed by atoms with E-state index >= 15 is 0 Å². The molecular weight excluding hydrogens is 452 g/mol. The molecule has 0 aliphatic rings. The van der Waals surface area contributed by atoms with Crippen LogP contribution in [0.15, 0.2) is 66.7 Å². The SMILES string of the molecule is NC(=O)COc1cccc(COC(=O)c2ccccc2C(=O)c2ccc(Cl)c([N+](=O)[O-])c2)c1. The number of nitrogens with two attached hydrogens (primary N) is 1. The van der Waals surface area contributed by atoms with Gasteiger partial charge in [0.15, 0.2) is 12.4 Å². The predicted octanol–water partition coefficient (Wildman–Crippen LogP) is 3.70. The Balaban J connectivity index is 1.78. The van der Waals surface area contributed by atoms with Crippen LogP contribution in [0.4, 0.5) is 5.69 Å². The lowest BCUT2D eigenvalue weighted by Crippen LogP contribution is -2.20. The first kappa shape index (κ1) is 23.4. The Bertz CT molecular complexity index is 1240. The van der Waals surface area contributed by atoms with Gasteiger partial charge in [0.2, 0.25) is 0 Å². The van der Waals surface area contributed by atoms with E-state index in [2.05, 4.69) is 0 Å². The number of nitro groups is 1. The lowest BCUT2D eigenvalue weighted by atomic mass is 9.98. The zero-order valence-corrected chi connectivity index (χ0v) is 17.8. The van der Waals surface area contributed by atoms with Gasteiger partial charge in [-0.1, -0.05) is 41.9 Å². The number of ketones is 1. The normalized spacial score (nSPS) is 10.3. The average molecular weight is 469 g/mol. The molecule has 0 aliphatic carbocycles. The van der Waals surface area contributed by atoms with Gasteiger partial charge in [-0.3, -0.25) is 19.7 Å². The van der Waals surface area contributed by atoms with Gasteiger partial charge in [0.05, 0.1) is 10.5 Å². The van der Waals surface area contributed by atoms with Crippen LogP contribution >= 0.6 is 11.6 Å². The van der Waals surface area contributed by atoms with Gasteiger partial charge in [-0.2, -0.15) is 0 Å². The van der Waals surface area contributed by atoms with Crippen molar-refractivity contribution >= 4 is 34.9 Å². The van der Waals surface area contributed by atoms with Gasteiger partial charge in [-0.25, -0.2) is 4.79 Å². The number of amides is 1. The van der Waals surface area contributed by atoms with Crippen molar-refractivity contribution in [2.75, 3.05) is 6.61 Å². The Morgan fingerprint density at radius 2 is 1.70 bits per heavy atom. The third-order valence-corrected chi connectivity index (χ3v) is 4.77. The fourth-order valence-electron chi connectivity index (χ4n) is 2.91. The first-order valence-electron chi connectivity index (χ1n) is 9.51. The number of carbonyl (C=O) groups is 3. The average Bonchev–Trinajstić information content (AvgIpc) is 2.81. The number of hydrogen-bond donors (Lipinski definition) is 1. The Kier molecular flexibility index (Phi) is 7.37. The number of nitrogens with zero attached hydrogens (tertiary/aromatic N) is 1. The fraction of sp³-hybridized carbons (Fsp3) is 0.0870. The molecule has 0 bridgehead atoms. The number of nitro benzene ring substituents is 1. The maximum Gasteiger partial charge on any atom is 0.339 e. The molecule has 0 saturated carbocycles. The summed E-state index contributed by atoms with van der Waals surface area (Å²) in [5, 5.41) is 11.0. The molecule has 0 saturated heterocycles. The standard InChI is InChI=1S/C23H17ClN2O7/c24-19-9-8-15(11-20(19)26(30)31)22(28)17-6-1-2-7-18(17)23(29)33-12-14-4-3-5-16(10-14)32-13-21(25)27/h1-11H,12-13H2,(H2,25,27). The highest BCUT2D eigenvalue weighted by atomic mass is 35.5. The molecule has 3 rings (SSSR count). The summed E-state index contributed by atoms with van der Waals surface area (Å²) in [6, 6.07) is 16.2. The number of rotatable bonds is 9.